The lowest BCUT2D eigenvalue weighted by molar-refractivity contribution is 0.102. The van der Waals surface area contributed by atoms with Gasteiger partial charge in [-0.05, 0) is 36.2 Å². The van der Waals surface area contributed by atoms with Crippen molar-refractivity contribution in [2.24, 2.45) is 7.05 Å². The van der Waals surface area contributed by atoms with Gasteiger partial charge in [-0.3, -0.25) is 9.59 Å². The van der Waals surface area contributed by atoms with Crippen LogP contribution in [0.3, 0.4) is 0 Å². The molecule has 0 unspecified atom stereocenters. The molecule has 0 aliphatic carbocycles. The highest BCUT2D eigenvalue weighted by atomic mass is 16.3. The number of nitrogens with zero attached hydrogens (tertiary/aromatic N) is 1. The fourth-order valence-corrected chi connectivity index (χ4v) is 2.72. The number of aromatic nitrogens is 1. The molecule has 0 saturated heterocycles. The molecule has 0 atom stereocenters. The Morgan fingerprint density at radius 2 is 1.88 bits per heavy atom. The standard InChI is InChI=1S/C19H18N2O3/c1-3-12-9-10-15-14(11-12)17(22)16(19(24)21(15)2)18(23)20-13-7-5-4-6-8-13/h4-11,22H,3H2,1-2H3,(H,20,23). The summed E-state index contributed by atoms with van der Waals surface area (Å²) in [5.74, 6) is -0.903. The Hall–Kier alpha value is -3.08. The van der Waals surface area contributed by atoms with Crippen molar-refractivity contribution in [3.8, 4) is 5.75 Å². The lowest BCUT2D eigenvalue weighted by atomic mass is 10.1. The van der Waals surface area contributed by atoms with Gasteiger partial charge in [0.15, 0.2) is 0 Å². The van der Waals surface area contributed by atoms with Gasteiger partial charge in [0.05, 0.1) is 5.52 Å². The number of hydrogen-bond acceptors (Lipinski definition) is 3. The highest BCUT2D eigenvalue weighted by Crippen LogP contribution is 2.27. The van der Waals surface area contributed by atoms with Crippen LogP contribution in [0.1, 0.15) is 22.8 Å². The Kier molecular flexibility index (Phi) is 4.08. The molecule has 5 nitrogen and oxygen atoms in total. The predicted octanol–water partition coefficient (Wildman–Crippen LogP) is 3.06. The number of hydrogen-bond donors (Lipinski definition) is 2. The van der Waals surface area contributed by atoms with Crippen LogP contribution in [0.4, 0.5) is 5.69 Å². The summed E-state index contributed by atoms with van der Waals surface area (Å²) >= 11 is 0. The zero-order valence-corrected chi connectivity index (χ0v) is 13.5. The van der Waals surface area contributed by atoms with Gasteiger partial charge in [0.2, 0.25) is 0 Å². The SMILES string of the molecule is CCc1ccc2c(c1)c(O)c(C(=O)Nc1ccccc1)c(=O)n2C. The maximum absolute atomic E-state index is 12.5. The Balaban J connectivity index is 2.17. The van der Waals surface area contributed by atoms with E-state index in [9.17, 15) is 14.7 Å². The zero-order chi connectivity index (χ0) is 17.3. The van der Waals surface area contributed by atoms with Crippen LogP contribution in [-0.2, 0) is 13.5 Å². The van der Waals surface area contributed by atoms with E-state index in [1.807, 2.05) is 25.1 Å². The summed E-state index contributed by atoms with van der Waals surface area (Å²) in [4.78, 5) is 25.1. The van der Waals surface area contributed by atoms with Gasteiger partial charge in [0, 0.05) is 18.1 Å². The average molecular weight is 322 g/mol. The number of para-hydroxylation sites is 1. The number of carbonyl (C=O) groups excluding carboxylic acids is 1. The molecule has 2 aromatic carbocycles. The third kappa shape index (κ3) is 2.65. The Labute approximate surface area is 139 Å². The van der Waals surface area contributed by atoms with Crippen molar-refractivity contribution in [2.45, 2.75) is 13.3 Å². The summed E-state index contributed by atoms with van der Waals surface area (Å²) in [6, 6.07) is 14.3. The van der Waals surface area contributed by atoms with Crippen molar-refractivity contribution in [1.82, 2.24) is 4.57 Å². The number of fused-ring (bicyclic) bond motifs is 1. The van der Waals surface area contributed by atoms with Gasteiger partial charge in [0.1, 0.15) is 11.3 Å². The Morgan fingerprint density at radius 3 is 2.54 bits per heavy atom. The van der Waals surface area contributed by atoms with Gasteiger partial charge in [0.25, 0.3) is 11.5 Å². The number of aryl methyl sites for hydroxylation is 2. The van der Waals surface area contributed by atoms with Crippen LogP contribution in [-0.4, -0.2) is 15.6 Å². The third-order valence-corrected chi connectivity index (χ3v) is 4.10. The van der Waals surface area contributed by atoms with E-state index in [1.165, 1.54) is 4.57 Å². The van der Waals surface area contributed by atoms with E-state index >= 15 is 0 Å². The molecule has 24 heavy (non-hydrogen) atoms. The number of pyridine rings is 1. The molecule has 3 aromatic rings. The van der Waals surface area contributed by atoms with Crippen molar-refractivity contribution in [1.29, 1.82) is 0 Å². The van der Waals surface area contributed by atoms with Gasteiger partial charge < -0.3 is 15.0 Å². The molecule has 1 aromatic heterocycles. The summed E-state index contributed by atoms with van der Waals surface area (Å²) in [6.07, 6.45) is 0.795. The van der Waals surface area contributed by atoms with E-state index in [-0.39, 0.29) is 11.3 Å². The molecule has 1 amide bonds. The number of aromatic hydroxyl groups is 1. The molecule has 3 rings (SSSR count). The van der Waals surface area contributed by atoms with Gasteiger partial charge in [-0.2, -0.15) is 0 Å². The lowest BCUT2D eigenvalue weighted by Crippen LogP contribution is -2.28. The molecule has 0 fully saturated rings. The number of benzene rings is 2. The first-order chi connectivity index (χ1) is 11.5. The van der Waals surface area contributed by atoms with Crippen LogP contribution in [0, 0.1) is 0 Å². The fraction of sp³-hybridized carbons (Fsp3) is 0.158. The van der Waals surface area contributed by atoms with Crippen LogP contribution in [0.5, 0.6) is 5.75 Å². The molecule has 2 N–H and O–H groups in total. The monoisotopic (exact) mass is 322 g/mol. The highest BCUT2D eigenvalue weighted by Gasteiger charge is 2.21. The second kappa shape index (κ2) is 6.20. The van der Waals surface area contributed by atoms with Crippen LogP contribution in [0.15, 0.2) is 53.3 Å². The van der Waals surface area contributed by atoms with E-state index in [0.717, 1.165) is 12.0 Å². The van der Waals surface area contributed by atoms with Crippen LogP contribution >= 0.6 is 0 Å². The van der Waals surface area contributed by atoms with Gasteiger partial charge >= 0.3 is 0 Å². The summed E-state index contributed by atoms with van der Waals surface area (Å²) in [5, 5.41) is 13.7. The number of rotatable bonds is 3. The molecular weight excluding hydrogens is 304 g/mol. The number of amides is 1. The van der Waals surface area contributed by atoms with Gasteiger partial charge in [-0.25, -0.2) is 0 Å². The number of nitrogens with one attached hydrogen (secondary N) is 1. The van der Waals surface area contributed by atoms with Crippen molar-refractivity contribution in [3.63, 3.8) is 0 Å². The maximum atomic E-state index is 12.5. The minimum absolute atomic E-state index is 0.248. The third-order valence-electron chi connectivity index (χ3n) is 4.10. The topological polar surface area (TPSA) is 71.3 Å². The fourth-order valence-electron chi connectivity index (χ4n) is 2.72. The molecule has 0 radical (unpaired) electrons. The minimum Gasteiger partial charge on any atom is -0.506 e. The van der Waals surface area contributed by atoms with Crippen molar-refractivity contribution >= 4 is 22.5 Å². The molecule has 0 aliphatic heterocycles. The summed E-state index contributed by atoms with van der Waals surface area (Å²) in [7, 11) is 1.59. The highest BCUT2D eigenvalue weighted by molar-refractivity contribution is 6.09. The van der Waals surface area contributed by atoms with E-state index in [1.54, 1.807) is 37.4 Å². The van der Waals surface area contributed by atoms with Crippen molar-refractivity contribution in [3.05, 3.63) is 70.0 Å². The normalized spacial score (nSPS) is 10.8. The maximum Gasteiger partial charge on any atom is 0.267 e. The quantitative estimate of drug-likeness (QED) is 0.778. The second-order valence-electron chi connectivity index (χ2n) is 5.61. The van der Waals surface area contributed by atoms with E-state index in [2.05, 4.69) is 5.32 Å². The van der Waals surface area contributed by atoms with Crippen LogP contribution in [0.25, 0.3) is 10.9 Å². The van der Waals surface area contributed by atoms with Crippen LogP contribution in [0.2, 0.25) is 0 Å². The predicted molar refractivity (Wildman–Crippen MR) is 94.6 cm³/mol. The van der Waals surface area contributed by atoms with Gasteiger partial charge in [-0.1, -0.05) is 31.2 Å². The molecule has 0 aliphatic rings. The van der Waals surface area contributed by atoms with Crippen molar-refractivity contribution in [2.75, 3.05) is 5.32 Å². The van der Waals surface area contributed by atoms with Crippen LogP contribution < -0.4 is 10.9 Å². The molecule has 0 spiro atoms. The number of carbonyl (C=O) groups is 1. The first-order valence-corrected chi connectivity index (χ1v) is 7.74. The molecular formula is C19H18N2O3. The molecule has 5 heteroatoms. The van der Waals surface area contributed by atoms with Gasteiger partial charge in [-0.15, -0.1) is 0 Å². The van der Waals surface area contributed by atoms with Crippen molar-refractivity contribution < 1.29 is 9.90 Å². The smallest absolute Gasteiger partial charge is 0.267 e. The first-order valence-electron chi connectivity index (χ1n) is 7.74. The molecule has 0 bridgehead atoms. The zero-order valence-electron chi connectivity index (χ0n) is 13.5. The molecule has 0 saturated carbocycles. The molecule has 122 valence electrons. The summed E-state index contributed by atoms with van der Waals surface area (Å²) in [5.41, 5.74) is 1.39. The van der Waals surface area contributed by atoms with E-state index in [4.69, 9.17) is 0 Å². The van der Waals surface area contributed by atoms with E-state index < -0.39 is 11.5 Å². The summed E-state index contributed by atoms with van der Waals surface area (Å²) in [6.45, 7) is 2.00. The number of anilines is 1. The molecule has 1 heterocycles. The van der Waals surface area contributed by atoms with E-state index in [0.29, 0.717) is 16.6 Å². The summed E-state index contributed by atoms with van der Waals surface area (Å²) < 4.78 is 1.38. The average Bonchev–Trinajstić information content (AvgIpc) is 2.60. The first kappa shape index (κ1) is 15.8. The Morgan fingerprint density at radius 1 is 1.17 bits per heavy atom. The Bertz CT molecular complexity index is 975. The lowest BCUT2D eigenvalue weighted by Gasteiger charge is -2.13. The minimum atomic E-state index is -0.622. The largest absolute Gasteiger partial charge is 0.506 e. The second-order valence-corrected chi connectivity index (χ2v) is 5.61.